The van der Waals surface area contributed by atoms with E-state index in [-0.39, 0.29) is 100 Å². The van der Waals surface area contributed by atoms with Crippen molar-refractivity contribution in [2.45, 2.75) is 133 Å². The lowest BCUT2D eigenvalue weighted by Crippen LogP contribution is -2.62. The largest absolute Gasteiger partial charge is 0.508 e. The van der Waals surface area contributed by atoms with E-state index in [0.29, 0.717) is 45.9 Å². The van der Waals surface area contributed by atoms with Crippen molar-refractivity contribution in [1.29, 1.82) is 0 Å². The third-order valence-corrected chi connectivity index (χ3v) is 17.0. The van der Waals surface area contributed by atoms with Crippen LogP contribution in [0.2, 0.25) is 0 Å². The van der Waals surface area contributed by atoms with E-state index in [1.807, 2.05) is 44.2 Å². The van der Waals surface area contributed by atoms with E-state index >= 15 is 9.59 Å². The van der Waals surface area contributed by atoms with Crippen molar-refractivity contribution >= 4 is 86.4 Å². The van der Waals surface area contributed by atoms with Crippen LogP contribution in [0.15, 0.2) is 157 Å². The Morgan fingerprint density at radius 1 is 0.649 bits per heavy atom. The summed E-state index contributed by atoms with van der Waals surface area (Å²) in [5.41, 5.74) is 20.0. The van der Waals surface area contributed by atoms with Crippen LogP contribution in [0.25, 0.3) is 21.7 Å². The van der Waals surface area contributed by atoms with Crippen LogP contribution in [0.4, 0.5) is 10.1 Å². The normalized spacial score (nSPS) is 15.0. The first-order valence-electron chi connectivity index (χ1n) is 32.5. The number of benzene rings is 6. The fourth-order valence-corrected chi connectivity index (χ4v) is 12.0. The van der Waals surface area contributed by atoms with Gasteiger partial charge in [-0.05, 0) is 127 Å². The number of phenols is 1. The monoisotopic (exact) mass is 1330 g/mol. The van der Waals surface area contributed by atoms with E-state index in [4.69, 9.17) is 17.2 Å². The van der Waals surface area contributed by atoms with E-state index < -0.39 is 108 Å². The molecule has 1 fully saturated rings. The van der Waals surface area contributed by atoms with E-state index in [9.17, 15) is 48.2 Å². The predicted molar refractivity (Wildman–Crippen MR) is 366 cm³/mol. The molecule has 8 amide bonds. The van der Waals surface area contributed by atoms with Gasteiger partial charge in [-0.1, -0.05) is 117 Å². The number of carbonyl (C=O) groups excluding carboxylic acids is 9. The van der Waals surface area contributed by atoms with Gasteiger partial charge in [-0.2, -0.15) is 0 Å². The molecule has 15 N–H and O–H groups in total. The molecule has 24 nitrogen and oxygen atoms in total. The highest BCUT2D eigenvalue weighted by Crippen LogP contribution is 2.28. The number of anilines is 1. The first kappa shape index (κ1) is 72.3. The summed E-state index contributed by atoms with van der Waals surface area (Å²) in [7, 11) is 0. The molecule has 0 aliphatic carbocycles. The van der Waals surface area contributed by atoms with Gasteiger partial charge in [-0.15, -0.1) is 0 Å². The summed E-state index contributed by atoms with van der Waals surface area (Å²) >= 11 is 0. The Morgan fingerprint density at radius 2 is 1.24 bits per heavy atom. The van der Waals surface area contributed by atoms with Crippen molar-refractivity contribution < 1.29 is 57.8 Å². The third kappa shape index (κ3) is 20.3. The Morgan fingerprint density at radius 3 is 1.93 bits per heavy atom. The summed E-state index contributed by atoms with van der Waals surface area (Å²) < 4.78 is 13.8. The van der Waals surface area contributed by atoms with Gasteiger partial charge in [0.05, 0.1) is 19.1 Å². The van der Waals surface area contributed by atoms with Crippen LogP contribution < -0.4 is 54.0 Å². The highest BCUT2D eigenvalue weighted by atomic mass is 19.1. The number of ketones is 1. The van der Waals surface area contributed by atoms with Gasteiger partial charge in [-0.25, -0.2) is 4.39 Å². The van der Waals surface area contributed by atoms with Crippen LogP contribution >= 0.6 is 0 Å². The number of hydrogen-bond donors (Lipinski definition) is 12. The number of likely N-dealkylation sites (tertiary alicyclic amines) is 1. The fourth-order valence-electron chi connectivity index (χ4n) is 12.0. The lowest BCUT2D eigenvalue weighted by Gasteiger charge is -2.34. The molecule has 1 aliphatic heterocycles. The molecule has 2 heterocycles. The number of amides is 8. The number of carbonyl (C=O) groups is 9. The summed E-state index contributed by atoms with van der Waals surface area (Å²) in [4.78, 5) is 141. The summed E-state index contributed by atoms with van der Waals surface area (Å²) in [6.45, 7) is 4.56. The number of nitrogens with zero attached hydrogens (tertiary/aromatic N) is 3. The quantitative estimate of drug-likeness (QED) is 0.0158. The number of aromatic amines is 1. The Kier molecular flexibility index (Phi) is 25.9. The third-order valence-electron chi connectivity index (χ3n) is 17.0. The Labute approximate surface area is 561 Å². The zero-order chi connectivity index (χ0) is 69.7. The molecule has 1 saturated heterocycles. The summed E-state index contributed by atoms with van der Waals surface area (Å²) in [5, 5.41) is 40.2. The summed E-state index contributed by atoms with van der Waals surface area (Å²) in [6, 6.07) is 28.7. The van der Waals surface area contributed by atoms with Crippen molar-refractivity contribution in [1.82, 2.24) is 41.8 Å². The van der Waals surface area contributed by atoms with Gasteiger partial charge in [0, 0.05) is 61.6 Å². The van der Waals surface area contributed by atoms with Crippen molar-refractivity contribution in [2.75, 3.05) is 31.1 Å². The molecule has 512 valence electrons. The minimum atomic E-state index is -1.80. The summed E-state index contributed by atoms with van der Waals surface area (Å²) in [5.74, 6) is -7.43. The van der Waals surface area contributed by atoms with Crippen LogP contribution in [-0.2, 0) is 68.8 Å². The lowest BCUT2D eigenvalue weighted by atomic mass is 10.00. The van der Waals surface area contributed by atoms with Crippen LogP contribution in [-0.4, -0.2) is 154 Å². The first-order valence-corrected chi connectivity index (χ1v) is 32.5. The number of hydrogen-bond acceptors (Lipinski definition) is 13. The number of aromatic hydroxyl groups is 1. The molecule has 0 unspecified atom stereocenters. The molecule has 0 radical (unpaired) electrons. The van der Waals surface area contributed by atoms with E-state index in [1.54, 1.807) is 72.9 Å². The van der Waals surface area contributed by atoms with Gasteiger partial charge in [0.15, 0.2) is 11.7 Å². The van der Waals surface area contributed by atoms with Gasteiger partial charge in [0.25, 0.3) is 5.91 Å². The smallest absolute Gasteiger partial charge is 0.250 e. The maximum absolute atomic E-state index is 15.9. The number of H-pyrrole nitrogens is 1. The highest BCUT2D eigenvalue weighted by Gasteiger charge is 2.40. The van der Waals surface area contributed by atoms with Gasteiger partial charge in [0.2, 0.25) is 41.4 Å². The Balaban J connectivity index is 1.09. The Bertz CT molecular complexity index is 3920. The van der Waals surface area contributed by atoms with Gasteiger partial charge < -0.3 is 69.2 Å². The number of aliphatic hydroxyl groups is 1. The highest BCUT2D eigenvalue weighted by molar-refractivity contribution is 6.07. The molecule has 0 spiro atoms. The lowest BCUT2D eigenvalue weighted by molar-refractivity contribution is -0.141. The molecule has 0 bridgehead atoms. The zero-order valence-corrected chi connectivity index (χ0v) is 54.5. The molecule has 6 aromatic carbocycles. The van der Waals surface area contributed by atoms with Crippen LogP contribution in [0.1, 0.15) is 81.5 Å². The minimum absolute atomic E-state index is 0.0153. The van der Waals surface area contributed by atoms with Crippen LogP contribution in [0.5, 0.6) is 5.75 Å². The van der Waals surface area contributed by atoms with E-state index in [0.717, 1.165) is 10.9 Å². The standard InChI is InChI=1S/C72H86FN13O11/c1-43(2)35-57(66(92)80-56(19-11-33-77-72(75)76)70(96)85-34-12-20-62(85)63(89)31-32-74)81-65(91)44(3)86(52-28-25-48-15-7-8-16-49(48)39-52)71(97)60(37-46-23-29-53(88)30-24-46)83-69(95)61(42-87)84-68(94)59(40-50-41-78-55-18-10-9-17-54(50)55)82-67(93)58(36-45-13-5-4-6-14-45)79-64(90)38-47-21-26-51(73)27-22-47/h4-10,13-18,21-30,39,41,43-44,56-62,78,87-88H,11-12,19-20,31-38,40,42,74H2,1-3H3,(H,79,90)(H,80,92)(H,81,91)(H,82,93)(H,83,95)(H,84,94)(H4,75,76,77)/t44-,56+,57+,58-,59-,60+,61+,62+/m1/s1. The summed E-state index contributed by atoms with van der Waals surface area (Å²) in [6.07, 6.45) is 2.41. The Hall–Kier alpha value is -10.5. The maximum Gasteiger partial charge on any atom is 0.250 e. The number of guanidine groups is 1. The molecule has 0 saturated carbocycles. The second-order valence-electron chi connectivity index (χ2n) is 24.7. The number of nitrogens with two attached hydrogens (primary N) is 3. The number of Topliss-reactive ketones (excluding diaryl/α,β-unsaturated/α-hetero) is 1. The van der Waals surface area contributed by atoms with Gasteiger partial charge in [-0.3, -0.25) is 53.0 Å². The molecular formula is C72H86FN13O11. The van der Waals surface area contributed by atoms with Crippen LogP contribution in [0, 0.1) is 11.7 Å². The number of phenolic OH excluding ortho intramolecular Hbond substituents is 1. The molecule has 1 aliphatic rings. The fraction of sp³-hybridized carbons (Fsp3) is 0.361. The first-order chi connectivity index (χ1) is 46.6. The molecular weight excluding hydrogens is 1240 g/mol. The van der Waals surface area contributed by atoms with Crippen molar-refractivity contribution in [3.8, 4) is 5.75 Å². The number of fused-ring (bicyclic) bond motifs is 2. The molecule has 8 atom stereocenters. The average molecular weight is 1330 g/mol. The van der Waals surface area contributed by atoms with Gasteiger partial charge in [0.1, 0.15) is 53.9 Å². The molecule has 8 rings (SSSR count). The molecule has 25 heteroatoms. The van der Waals surface area contributed by atoms with Gasteiger partial charge >= 0.3 is 0 Å². The number of halogens is 1. The molecule has 97 heavy (non-hydrogen) atoms. The number of aliphatic hydroxyl groups excluding tert-OH is 1. The van der Waals surface area contributed by atoms with Crippen molar-refractivity contribution in [3.05, 3.63) is 180 Å². The number of aromatic nitrogens is 1. The van der Waals surface area contributed by atoms with E-state index in [1.165, 1.54) is 65.3 Å². The van der Waals surface area contributed by atoms with Crippen LogP contribution in [0.3, 0.4) is 0 Å². The molecule has 1 aromatic heterocycles. The number of nitrogens with one attached hydrogen (secondary N) is 7. The topological polar surface area (TPSA) is 379 Å². The van der Waals surface area contributed by atoms with Crippen molar-refractivity contribution in [3.63, 3.8) is 0 Å². The SMILES string of the molecule is CC(C)C[C@H](NC(=O)[C@@H](C)N(C(=O)[C@H](Cc1ccc(O)cc1)NC(=O)[C@H](CO)NC(=O)[C@@H](Cc1c[nH]c2ccccc12)NC(=O)[C@@H](Cc1ccccc1)NC(=O)Cc1ccc(F)cc1)c1ccc2ccccc2c1)C(=O)N[C@@H](CCCN=C(N)N)C(=O)N1CCC[C@H]1C(=O)CCN. The van der Waals surface area contributed by atoms with E-state index in [2.05, 4.69) is 41.9 Å². The second kappa shape index (κ2) is 34.8. The minimum Gasteiger partial charge on any atom is -0.508 e. The number of aliphatic imine (C=N–C) groups is 1. The number of para-hydroxylation sites is 1. The second-order valence-corrected chi connectivity index (χ2v) is 24.7. The average Bonchev–Trinajstić information content (AvgIpc) is 1.16. The zero-order valence-electron chi connectivity index (χ0n) is 54.5. The molecule has 7 aromatic rings. The predicted octanol–water partition coefficient (Wildman–Crippen LogP) is 3.77. The maximum atomic E-state index is 15.9. The van der Waals surface area contributed by atoms with Crippen molar-refractivity contribution in [2.24, 2.45) is 28.1 Å². The number of rotatable bonds is 33.